The molecule has 0 heterocycles. The molecule has 1 aromatic carbocycles. The molecule has 0 bridgehead atoms. The molecule has 0 aliphatic heterocycles. The molecular formula is C15H20FN. The van der Waals surface area contributed by atoms with E-state index in [1.54, 1.807) is 12.1 Å². The Morgan fingerprint density at radius 2 is 1.94 bits per heavy atom. The standard InChI is InChI=1S/C15H20FN/c16-14-8-4-3-7-13(14)15(9-12(15)10-17)11-5-1-2-6-11/h3-4,7-8,11-12H,1-2,5-6,9-10,17H2/t12-,15?/m0/s1. The van der Waals surface area contributed by atoms with Crippen molar-refractivity contribution in [2.45, 2.75) is 37.5 Å². The van der Waals surface area contributed by atoms with Crippen LogP contribution in [0.15, 0.2) is 24.3 Å². The minimum Gasteiger partial charge on any atom is -0.330 e. The van der Waals surface area contributed by atoms with Gasteiger partial charge in [-0.1, -0.05) is 31.0 Å². The van der Waals surface area contributed by atoms with Crippen LogP contribution in [-0.2, 0) is 5.41 Å². The van der Waals surface area contributed by atoms with Crippen LogP contribution in [0.2, 0.25) is 0 Å². The Morgan fingerprint density at radius 1 is 1.24 bits per heavy atom. The van der Waals surface area contributed by atoms with Gasteiger partial charge >= 0.3 is 0 Å². The monoisotopic (exact) mass is 233 g/mol. The van der Waals surface area contributed by atoms with E-state index in [-0.39, 0.29) is 11.2 Å². The lowest BCUT2D eigenvalue weighted by Gasteiger charge is -2.25. The van der Waals surface area contributed by atoms with Crippen LogP contribution in [0.3, 0.4) is 0 Å². The SMILES string of the molecule is NC[C@@H]1CC1(c1ccccc1F)C1CCCC1. The van der Waals surface area contributed by atoms with Crippen molar-refractivity contribution < 1.29 is 4.39 Å². The highest BCUT2D eigenvalue weighted by Gasteiger charge is 2.59. The smallest absolute Gasteiger partial charge is 0.126 e. The summed E-state index contributed by atoms with van der Waals surface area (Å²) in [6.45, 7) is 0.699. The molecule has 2 atom stereocenters. The molecule has 2 heteroatoms. The number of hydrogen-bond acceptors (Lipinski definition) is 1. The Balaban J connectivity index is 1.98. The fourth-order valence-corrected chi connectivity index (χ4v) is 3.97. The van der Waals surface area contributed by atoms with Crippen LogP contribution in [-0.4, -0.2) is 6.54 Å². The molecule has 92 valence electrons. The van der Waals surface area contributed by atoms with Crippen LogP contribution in [0, 0.1) is 17.7 Å². The van der Waals surface area contributed by atoms with Gasteiger partial charge in [0.15, 0.2) is 0 Å². The highest BCUT2D eigenvalue weighted by Crippen LogP contribution is 2.62. The van der Waals surface area contributed by atoms with Crippen LogP contribution in [0.4, 0.5) is 4.39 Å². The van der Waals surface area contributed by atoms with E-state index in [1.807, 2.05) is 12.1 Å². The summed E-state index contributed by atoms with van der Waals surface area (Å²) in [5.41, 5.74) is 6.85. The molecule has 0 saturated heterocycles. The van der Waals surface area contributed by atoms with Crippen LogP contribution in [0.5, 0.6) is 0 Å². The number of rotatable bonds is 3. The fraction of sp³-hybridized carbons (Fsp3) is 0.600. The van der Waals surface area contributed by atoms with E-state index in [9.17, 15) is 4.39 Å². The maximum absolute atomic E-state index is 14.0. The Morgan fingerprint density at radius 3 is 2.53 bits per heavy atom. The molecule has 0 amide bonds. The molecule has 0 aromatic heterocycles. The van der Waals surface area contributed by atoms with Crippen molar-refractivity contribution in [3.63, 3.8) is 0 Å². The predicted molar refractivity (Wildman–Crippen MR) is 67.2 cm³/mol. The molecule has 2 fully saturated rings. The summed E-state index contributed by atoms with van der Waals surface area (Å²) in [6.07, 6.45) is 6.21. The van der Waals surface area contributed by atoms with Crippen molar-refractivity contribution in [3.05, 3.63) is 35.6 Å². The van der Waals surface area contributed by atoms with Gasteiger partial charge in [-0.2, -0.15) is 0 Å². The molecule has 0 spiro atoms. The summed E-state index contributed by atoms with van der Waals surface area (Å²) in [4.78, 5) is 0. The van der Waals surface area contributed by atoms with Gasteiger partial charge in [0.2, 0.25) is 0 Å². The number of hydrogen-bond donors (Lipinski definition) is 1. The van der Waals surface area contributed by atoms with E-state index >= 15 is 0 Å². The summed E-state index contributed by atoms with van der Waals surface area (Å²) in [6, 6.07) is 7.31. The van der Waals surface area contributed by atoms with Crippen LogP contribution in [0.1, 0.15) is 37.7 Å². The Labute approximate surface area is 102 Å². The molecule has 2 aliphatic carbocycles. The van der Waals surface area contributed by atoms with Gasteiger partial charge < -0.3 is 5.73 Å². The topological polar surface area (TPSA) is 26.0 Å². The van der Waals surface area contributed by atoms with Gasteiger partial charge in [0.1, 0.15) is 5.82 Å². The van der Waals surface area contributed by atoms with E-state index in [0.717, 1.165) is 12.0 Å². The lowest BCUT2D eigenvalue weighted by molar-refractivity contribution is 0.373. The van der Waals surface area contributed by atoms with E-state index in [4.69, 9.17) is 5.73 Å². The first-order valence-electron chi connectivity index (χ1n) is 6.74. The average Bonchev–Trinajstić information content (AvgIpc) is 2.83. The average molecular weight is 233 g/mol. The highest BCUT2D eigenvalue weighted by molar-refractivity contribution is 5.36. The summed E-state index contributed by atoms with van der Waals surface area (Å²) < 4.78 is 14.0. The fourth-order valence-electron chi connectivity index (χ4n) is 3.97. The van der Waals surface area contributed by atoms with Gasteiger partial charge in [-0.25, -0.2) is 4.39 Å². The van der Waals surface area contributed by atoms with Crippen molar-refractivity contribution in [1.29, 1.82) is 0 Å². The lowest BCUT2D eigenvalue weighted by atomic mass is 9.79. The zero-order chi connectivity index (χ0) is 11.9. The van der Waals surface area contributed by atoms with Gasteiger partial charge in [-0.15, -0.1) is 0 Å². The minimum absolute atomic E-state index is 0.0321. The second-order valence-corrected chi connectivity index (χ2v) is 5.64. The molecule has 17 heavy (non-hydrogen) atoms. The molecule has 1 aromatic rings. The second-order valence-electron chi connectivity index (χ2n) is 5.64. The first kappa shape index (κ1) is 11.2. The van der Waals surface area contributed by atoms with Crippen molar-refractivity contribution in [2.24, 2.45) is 17.6 Å². The Kier molecular flexibility index (Phi) is 2.70. The van der Waals surface area contributed by atoms with Crippen LogP contribution < -0.4 is 5.73 Å². The quantitative estimate of drug-likeness (QED) is 0.852. The van der Waals surface area contributed by atoms with Gasteiger partial charge in [-0.3, -0.25) is 0 Å². The van der Waals surface area contributed by atoms with E-state index < -0.39 is 0 Å². The maximum atomic E-state index is 14.0. The van der Waals surface area contributed by atoms with Crippen LogP contribution >= 0.6 is 0 Å². The highest BCUT2D eigenvalue weighted by atomic mass is 19.1. The number of halogens is 1. The molecule has 2 N–H and O–H groups in total. The largest absolute Gasteiger partial charge is 0.330 e. The zero-order valence-electron chi connectivity index (χ0n) is 10.2. The normalized spacial score (nSPS) is 32.9. The third-order valence-corrected chi connectivity index (χ3v) is 4.90. The molecule has 1 nitrogen and oxygen atoms in total. The zero-order valence-corrected chi connectivity index (χ0v) is 10.2. The Hall–Kier alpha value is -0.890. The first-order chi connectivity index (χ1) is 8.29. The molecule has 0 radical (unpaired) electrons. The van der Waals surface area contributed by atoms with Gasteiger partial charge in [0, 0.05) is 5.41 Å². The summed E-state index contributed by atoms with van der Waals surface area (Å²) in [5, 5.41) is 0. The summed E-state index contributed by atoms with van der Waals surface area (Å²) in [7, 11) is 0. The van der Waals surface area contributed by atoms with Gasteiger partial charge in [0.05, 0.1) is 0 Å². The number of nitrogens with two attached hydrogens (primary N) is 1. The number of benzene rings is 1. The minimum atomic E-state index is -0.0321. The van der Waals surface area contributed by atoms with Gasteiger partial charge in [-0.05, 0) is 49.3 Å². The van der Waals surface area contributed by atoms with Crippen molar-refractivity contribution in [2.75, 3.05) is 6.54 Å². The van der Waals surface area contributed by atoms with Crippen molar-refractivity contribution in [1.82, 2.24) is 0 Å². The van der Waals surface area contributed by atoms with E-state index in [1.165, 1.54) is 25.7 Å². The molecule has 2 aliphatic rings. The predicted octanol–water partition coefficient (Wildman–Crippen LogP) is 3.23. The third-order valence-electron chi connectivity index (χ3n) is 4.90. The van der Waals surface area contributed by atoms with E-state index in [2.05, 4.69) is 0 Å². The lowest BCUT2D eigenvalue weighted by Crippen LogP contribution is -2.24. The molecule has 2 saturated carbocycles. The summed E-state index contributed by atoms with van der Waals surface area (Å²) >= 11 is 0. The second kappa shape index (κ2) is 4.09. The van der Waals surface area contributed by atoms with Crippen LogP contribution in [0.25, 0.3) is 0 Å². The molecule has 3 rings (SSSR count). The molecule has 1 unspecified atom stereocenters. The summed E-state index contributed by atoms with van der Waals surface area (Å²) in [5.74, 6) is 1.13. The molecular weight excluding hydrogens is 213 g/mol. The van der Waals surface area contributed by atoms with Crippen molar-refractivity contribution >= 4 is 0 Å². The van der Waals surface area contributed by atoms with E-state index in [0.29, 0.717) is 18.4 Å². The first-order valence-corrected chi connectivity index (χ1v) is 6.74. The van der Waals surface area contributed by atoms with Gasteiger partial charge in [0.25, 0.3) is 0 Å². The van der Waals surface area contributed by atoms with Crippen molar-refractivity contribution in [3.8, 4) is 0 Å². The third kappa shape index (κ3) is 1.61. The Bertz CT molecular complexity index is 411. The maximum Gasteiger partial charge on any atom is 0.126 e.